The number of nitrogens with one attached hydrogen (secondary N) is 1. The highest BCUT2D eigenvalue weighted by Crippen LogP contribution is 2.29. The van der Waals surface area contributed by atoms with E-state index in [1.165, 1.54) is 6.07 Å². The van der Waals surface area contributed by atoms with Crippen molar-refractivity contribution < 1.29 is 14.0 Å². The van der Waals surface area contributed by atoms with Crippen LogP contribution in [0.1, 0.15) is 44.6 Å². The van der Waals surface area contributed by atoms with Crippen molar-refractivity contribution >= 4 is 17.4 Å². The van der Waals surface area contributed by atoms with Crippen LogP contribution in [-0.4, -0.2) is 30.8 Å². The van der Waals surface area contributed by atoms with Gasteiger partial charge in [-0.3, -0.25) is 9.59 Å². The quantitative estimate of drug-likeness (QED) is 0.914. The molecule has 136 valence electrons. The third kappa shape index (κ3) is 4.20. The number of amides is 1. The molecule has 0 bridgehead atoms. The summed E-state index contributed by atoms with van der Waals surface area (Å²) in [4.78, 5) is 26.1. The van der Waals surface area contributed by atoms with Crippen LogP contribution in [0.4, 0.5) is 10.1 Å². The second-order valence-corrected chi connectivity index (χ2v) is 7.59. The molecule has 2 atom stereocenters. The van der Waals surface area contributed by atoms with Gasteiger partial charge in [-0.05, 0) is 49.8 Å². The molecule has 5 heteroatoms. The second kappa shape index (κ2) is 7.54. The zero-order valence-corrected chi connectivity index (χ0v) is 15.1. The van der Waals surface area contributed by atoms with E-state index in [1.807, 2.05) is 19.9 Å². The van der Waals surface area contributed by atoms with E-state index in [9.17, 15) is 14.0 Å². The maximum Gasteiger partial charge on any atom is 0.223 e. The smallest absolute Gasteiger partial charge is 0.223 e. The molecular formula is C20H27FN2O2. The predicted molar refractivity (Wildman–Crippen MR) is 96.0 cm³/mol. The van der Waals surface area contributed by atoms with Crippen LogP contribution in [0.25, 0.3) is 0 Å². The zero-order chi connectivity index (χ0) is 18.0. The van der Waals surface area contributed by atoms with E-state index in [0.717, 1.165) is 31.5 Å². The van der Waals surface area contributed by atoms with E-state index < -0.39 is 0 Å². The molecule has 0 radical (unpaired) electrons. The molecule has 1 heterocycles. The van der Waals surface area contributed by atoms with Crippen molar-refractivity contribution in [2.45, 2.75) is 52.0 Å². The lowest BCUT2D eigenvalue weighted by Gasteiger charge is -2.35. The lowest BCUT2D eigenvalue weighted by atomic mass is 9.79. The Hall–Kier alpha value is -1.91. The Morgan fingerprint density at radius 3 is 2.64 bits per heavy atom. The van der Waals surface area contributed by atoms with Crippen LogP contribution in [0.3, 0.4) is 0 Å². The molecular weight excluding hydrogens is 319 g/mol. The molecule has 1 aromatic carbocycles. The van der Waals surface area contributed by atoms with Gasteiger partial charge in [-0.1, -0.05) is 13.0 Å². The average molecular weight is 346 g/mol. The molecule has 0 unspecified atom stereocenters. The highest BCUT2D eigenvalue weighted by molar-refractivity contribution is 5.85. The summed E-state index contributed by atoms with van der Waals surface area (Å²) >= 11 is 0. The third-order valence-corrected chi connectivity index (χ3v) is 5.59. The van der Waals surface area contributed by atoms with Crippen molar-refractivity contribution in [1.82, 2.24) is 5.32 Å². The largest absolute Gasteiger partial charge is 0.369 e. The fraction of sp³-hybridized carbons (Fsp3) is 0.600. The number of ketones is 1. The van der Waals surface area contributed by atoms with E-state index in [1.54, 1.807) is 6.07 Å². The Labute approximate surface area is 148 Å². The number of nitrogens with zero attached hydrogens (tertiary/aromatic N) is 1. The minimum Gasteiger partial charge on any atom is -0.369 e. The number of anilines is 1. The van der Waals surface area contributed by atoms with Gasteiger partial charge < -0.3 is 10.2 Å². The molecule has 1 saturated heterocycles. The van der Waals surface area contributed by atoms with Crippen LogP contribution in [0.2, 0.25) is 0 Å². The normalized spacial score (nSPS) is 25.1. The van der Waals surface area contributed by atoms with Gasteiger partial charge in [-0.25, -0.2) is 4.39 Å². The topological polar surface area (TPSA) is 49.4 Å². The van der Waals surface area contributed by atoms with Gasteiger partial charge in [-0.15, -0.1) is 0 Å². The minimum absolute atomic E-state index is 0.0510. The van der Waals surface area contributed by atoms with Gasteiger partial charge in [0.15, 0.2) is 0 Å². The number of hydrogen-bond donors (Lipinski definition) is 1. The van der Waals surface area contributed by atoms with Gasteiger partial charge in [0.25, 0.3) is 0 Å². The Bertz CT molecular complexity index is 653. The number of carbonyl (C=O) groups is 2. The Morgan fingerprint density at radius 1 is 1.24 bits per heavy atom. The first kappa shape index (κ1) is 17.9. The number of benzene rings is 1. The van der Waals surface area contributed by atoms with Gasteiger partial charge in [0, 0.05) is 37.9 Å². The van der Waals surface area contributed by atoms with E-state index in [4.69, 9.17) is 0 Å². The maximum absolute atomic E-state index is 14.0. The van der Waals surface area contributed by atoms with Crippen LogP contribution < -0.4 is 10.2 Å². The van der Waals surface area contributed by atoms with Crippen LogP contribution >= 0.6 is 0 Å². The summed E-state index contributed by atoms with van der Waals surface area (Å²) in [6, 6.07) is 5.32. The SMILES string of the molecule is Cc1ccc(F)c(N2CCC(NC(=O)[C@H]3CCC(=O)C[C@@H]3C)CC2)c1. The summed E-state index contributed by atoms with van der Waals surface area (Å²) in [7, 11) is 0. The molecule has 25 heavy (non-hydrogen) atoms. The van der Waals surface area contributed by atoms with Crippen LogP contribution in [0.5, 0.6) is 0 Å². The van der Waals surface area contributed by atoms with E-state index in [-0.39, 0.29) is 35.4 Å². The number of halogens is 1. The third-order valence-electron chi connectivity index (χ3n) is 5.59. The predicted octanol–water partition coefficient (Wildman–Crippen LogP) is 3.22. The molecule has 1 amide bonds. The first-order chi connectivity index (χ1) is 11.9. The van der Waals surface area contributed by atoms with Crippen molar-refractivity contribution in [2.24, 2.45) is 11.8 Å². The molecule has 1 aliphatic heterocycles. The fourth-order valence-electron chi connectivity index (χ4n) is 4.03. The van der Waals surface area contributed by atoms with Gasteiger partial charge in [0.05, 0.1) is 5.69 Å². The molecule has 1 saturated carbocycles. The van der Waals surface area contributed by atoms with Crippen molar-refractivity contribution in [3.8, 4) is 0 Å². The highest BCUT2D eigenvalue weighted by Gasteiger charge is 2.33. The number of carbonyl (C=O) groups excluding carboxylic acids is 2. The van der Waals surface area contributed by atoms with E-state index in [2.05, 4.69) is 10.2 Å². The van der Waals surface area contributed by atoms with Crippen LogP contribution in [-0.2, 0) is 9.59 Å². The van der Waals surface area contributed by atoms with Crippen molar-refractivity contribution in [2.75, 3.05) is 18.0 Å². The average Bonchev–Trinajstić information content (AvgIpc) is 2.57. The Morgan fingerprint density at radius 2 is 1.96 bits per heavy atom. The maximum atomic E-state index is 14.0. The molecule has 1 N–H and O–H groups in total. The number of Topliss-reactive ketones (excluding diaryl/α,β-unsaturated/α-hetero) is 1. The molecule has 1 aromatic rings. The van der Waals surface area contributed by atoms with Gasteiger partial charge >= 0.3 is 0 Å². The summed E-state index contributed by atoms with van der Waals surface area (Å²) in [5.74, 6) is 0.242. The second-order valence-electron chi connectivity index (χ2n) is 7.59. The summed E-state index contributed by atoms with van der Waals surface area (Å²) in [6.45, 7) is 5.43. The van der Waals surface area contributed by atoms with Gasteiger partial charge in [0.1, 0.15) is 11.6 Å². The summed E-state index contributed by atoms with van der Waals surface area (Å²) in [6.07, 6.45) is 3.34. The lowest BCUT2D eigenvalue weighted by Crippen LogP contribution is -2.48. The standard InChI is InChI=1S/C20H27FN2O2/c1-13-3-6-18(21)19(11-13)23-9-7-15(8-10-23)22-20(25)17-5-4-16(24)12-14(17)2/h3,6,11,14-15,17H,4-5,7-10,12H2,1-2H3,(H,22,25)/t14-,17-/m0/s1. The van der Waals surface area contributed by atoms with Gasteiger partial charge in [-0.2, -0.15) is 0 Å². The van der Waals surface area contributed by atoms with E-state index in [0.29, 0.717) is 24.9 Å². The lowest BCUT2D eigenvalue weighted by molar-refractivity contribution is -0.131. The number of hydrogen-bond acceptors (Lipinski definition) is 3. The number of rotatable bonds is 3. The fourth-order valence-corrected chi connectivity index (χ4v) is 4.03. The molecule has 0 spiro atoms. The number of piperidine rings is 1. The first-order valence-electron chi connectivity index (χ1n) is 9.27. The van der Waals surface area contributed by atoms with Crippen LogP contribution in [0, 0.1) is 24.6 Å². The van der Waals surface area contributed by atoms with Crippen molar-refractivity contribution in [3.05, 3.63) is 29.6 Å². The summed E-state index contributed by atoms with van der Waals surface area (Å²) < 4.78 is 14.0. The zero-order valence-electron chi connectivity index (χ0n) is 15.1. The van der Waals surface area contributed by atoms with Crippen molar-refractivity contribution in [3.63, 3.8) is 0 Å². The first-order valence-corrected chi connectivity index (χ1v) is 9.27. The molecule has 3 rings (SSSR count). The van der Waals surface area contributed by atoms with Crippen molar-refractivity contribution in [1.29, 1.82) is 0 Å². The molecule has 0 aromatic heterocycles. The summed E-state index contributed by atoms with van der Waals surface area (Å²) in [5.41, 5.74) is 1.71. The van der Waals surface area contributed by atoms with Crippen LogP contribution in [0.15, 0.2) is 18.2 Å². The van der Waals surface area contributed by atoms with E-state index >= 15 is 0 Å². The molecule has 2 fully saturated rings. The minimum atomic E-state index is -0.186. The monoisotopic (exact) mass is 346 g/mol. The Balaban J connectivity index is 1.53. The molecule has 4 nitrogen and oxygen atoms in total. The number of aryl methyl sites for hydroxylation is 1. The Kier molecular flexibility index (Phi) is 5.40. The summed E-state index contributed by atoms with van der Waals surface area (Å²) in [5, 5.41) is 3.16. The molecule has 1 aliphatic carbocycles. The molecule has 2 aliphatic rings. The van der Waals surface area contributed by atoms with Gasteiger partial charge in [0.2, 0.25) is 5.91 Å². The highest BCUT2D eigenvalue weighted by atomic mass is 19.1.